The first kappa shape index (κ1) is 14.6. The zero-order valence-corrected chi connectivity index (χ0v) is 10.7. The second-order valence-electron chi connectivity index (χ2n) is 4.87. The topological polar surface area (TPSA) is 65.5 Å². The number of amides is 2. The first-order valence-corrected chi connectivity index (χ1v) is 5.95. The lowest BCUT2D eigenvalue weighted by atomic mass is 9.94. The molecule has 0 saturated carbocycles. The maximum absolute atomic E-state index is 12.4. The van der Waals surface area contributed by atoms with Crippen LogP contribution < -0.4 is 5.32 Å². The first-order valence-electron chi connectivity index (χ1n) is 5.95. The fourth-order valence-corrected chi connectivity index (χ4v) is 1.79. The Bertz CT molecular complexity index is 496. The van der Waals surface area contributed by atoms with Gasteiger partial charge in [0.15, 0.2) is 5.60 Å². The zero-order chi connectivity index (χ0) is 15.0. The highest BCUT2D eigenvalue weighted by atomic mass is 19.4. The molecule has 0 aliphatic carbocycles. The van der Waals surface area contributed by atoms with Crippen molar-refractivity contribution in [2.75, 3.05) is 13.1 Å². The second-order valence-corrected chi connectivity index (χ2v) is 4.87. The highest BCUT2D eigenvalue weighted by Gasteiger charge is 2.62. The number of rotatable bonds is 2. The third-order valence-corrected chi connectivity index (χ3v) is 3.11. The van der Waals surface area contributed by atoms with Crippen LogP contribution in [0, 0.1) is 6.92 Å². The van der Waals surface area contributed by atoms with Crippen molar-refractivity contribution in [2.24, 2.45) is 0 Å². The second kappa shape index (κ2) is 4.93. The Morgan fingerprint density at radius 3 is 2.65 bits per heavy atom. The lowest BCUT2D eigenvalue weighted by molar-refractivity contribution is -0.294. The summed E-state index contributed by atoms with van der Waals surface area (Å²) in [6, 6.07) is 2.89. The van der Waals surface area contributed by atoms with Crippen LogP contribution in [-0.2, 0) is 6.54 Å². The molecule has 0 bridgehead atoms. The first-order chi connectivity index (χ1) is 9.21. The summed E-state index contributed by atoms with van der Waals surface area (Å²) >= 11 is 0. The number of alkyl halides is 3. The Hall–Kier alpha value is -1.83. The van der Waals surface area contributed by atoms with E-state index in [9.17, 15) is 23.1 Å². The van der Waals surface area contributed by atoms with E-state index >= 15 is 0 Å². The van der Waals surface area contributed by atoms with E-state index in [1.54, 1.807) is 12.3 Å². The Kier molecular flexibility index (Phi) is 3.59. The molecule has 0 radical (unpaired) electrons. The smallest absolute Gasteiger partial charge is 0.378 e. The van der Waals surface area contributed by atoms with E-state index in [-0.39, 0.29) is 6.54 Å². The number of aromatic nitrogens is 1. The maximum atomic E-state index is 12.4. The fourth-order valence-electron chi connectivity index (χ4n) is 1.79. The molecule has 8 heteroatoms. The van der Waals surface area contributed by atoms with Gasteiger partial charge in [0.25, 0.3) is 0 Å². The number of carbonyl (C=O) groups excluding carboxylic acids is 1. The van der Waals surface area contributed by atoms with E-state index in [0.717, 1.165) is 10.5 Å². The molecule has 0 unspecified atom stereocenters. The quantitative estimate of drug-likeness (QED) is 0.860. The summed E-state index contributed by atoms with van der Waals surface area (Å²) in [7, 11) is 0. The van der Waals surface area contributed by atoms with Crippen LogP contribution in [0.5, 0.6) is 0 Å². The van der Waals surface area contributed by atoms with Gasteiger partial charge in [-0.1, -0.05) is 6.07 Å². The largest absolute Gasteiger partial charge is 0.420 e. The van der Waals surface area contributed by atoms with Crippen molar-refractivity contribution in [1.82, 2.24) is 15.2 Å². The Morgan fingerprint density at radius 2 is 2.15 bits per heavy atom. The minimum absolute atomic E-state index is 0.125. The van der Waals surface area contributed by atoms with Gasteiger partial charge in [0.05, 0.1) is 25.3 Å². The number of hydrogen-bond acceptors (Lipinski definition) is 3. The van der Waals surface area contributed by atoms with Crippen molar-refractivity contribution in [2.45, 2.75) is 25.2 Å². The summed E-state index contributed by atoms with van der Waals surface area (Å²) in [5.41, 5.74) is -1.21. The average Bonchev–Trinajstić information content (AvgIpc) is 2.32. The normalized spacial score (nSPS) is 17.6. The highest BCUT2D eigenvalue weighted by molar-refractivity contribution is 5.75. The number of carbonyl (C=O) groups is 1. The van der Waals surface area contributed by atoms with Gasteiger partial charge >= 0.3 is 12.2 Å². The van der Waals surface area contributed by atoms with Crippen LogP contribution in [0.2, 0.25) is 0 Å². The van der Waals surface area contributed by atoms with Crippen molar-refractivity contribution in [3.05, 3.63) is 29.6 Å². The molecule has 2 rings (SSSR count). The number of halogens is 3. The predicted octanol–water partition coefficient (Wildman–Crippen LogP) is 1.21. The minimum atomic E-state index is -4.72. The van der Waals surface area contributed by atoms with Gasteiger partial charge in [-0.3, -0.25) is 4.98 Å². The molecule has 5 nitrogen and oxygen atoms in total. The molecule has 2 heterocycles. The molecule has 1 saturated heterocycles. The van der Waals surface area contributed by atoms with Gasteiger partial charge in [-0.25, -0.2) is 4.79 Å². The van der Waals surface area contributed by atoms with Crippen molar-refractivity contribution in [3.8, 4) is 0 Å². The number of nitrogens with zero attached hydrogens (tertiary/aromatic N) is 2. The van der Waals surface area contributed by atoms with Crippen molar-refractivity contribution < 1.29 is 23.1 Å². The number of nitrogens with one attached hydrogen (secondary N) is 1. The summed E-state index contributed by atoms with van der Waals surface area (Å²) in [6.07, 6.45) is -3.09. The average molecular weight is 289 g/mol. The summed E-state index contributed by atoms with van der Waals surface area (Å²) in [4.78, 5) is 16.6. The lowest BCUT2D eigenvalue weighted by Gasteiger charge is -2.46. The molecule has 0 spiro atoms. The van der Waals surface area contributed by atoms with Crippen LogP contribution in [0.4, 0.5) is 18.0 Å². The summed E-state index contributed by atoms with van der Waals surface area (Å²) in [6.45, 7) is 0.501. The molecule has 2 N–H and O–H groups in total. The molecule has 1 fully saturated rings. The number of β-amino-alcohol motifs (C(OH)–C–C–N with tert-alkyl or cyclic N) is 1. The molecule has 2 amide bonds. The Balaban J connectivity index is 1.82. The Labute approximate surface area is 113 Å². The van der Waals surface area contributed by atoms with E-state index < -0.39 is 30.9 Å². The lowest BCUT2D eigenvalue weighted by Crippen LogP contribution is -2.71. The van der Waals surface area contributed by atoms with Gasteiger partial charge in [-0.2, -0.15) is 13.2 Å². The number of aryl methyl sites for hydroxylation is 1. The molecule has 20 heavy (non-hydrogen) atoms. The molecule has 1 aliphatic heterocycles. The van der Waals surface area contributed by atoms with E-state index in [2.05, 4.69) is 10.3 Å². The Morgan fingerprint density at radius 1 is 1.50 bits per heavy atom. The van der Waals surface area contributed by atoms with Crippen LogP contribution in [-0.4, -0.2) is 45.9 Å². The fraction of sp³-hybridized carbons (Fsp3) is 0.500. The van der Waals surface area contributed by atoms with Gasteiger partial charge in [0.2, 0.25) is 0 Å². The third-order valence-electron chi connectivity index (χ3n) is 3.11. The molecular weight excluding hydrogens is 275 g/mol. The predicted molar refractivity (Wildman–Crippen MR) is 63.8 cm³/mol. The molecule has 1 aliphatic rings. The number of likely N-dealkylation sites (tertiary alicyclic amines) is 1. The van der Waals surface area contributed by atoms with Crippen LogP contribution in [0.1, 0.15) is 11.3 Å². The molecular formula is C12H14F3N3O2. The number of pyridine rings is 1. The van der Waals surface area contributed by atoms with Crippen LogP contribution in [0.3, 0.4) is 0 Å². The number of urea groups is 1. The molecule has 0 aromatic carbocycles. The van der Waals surface area contributed by atoms with Crippen molar-refractivity contribution in [1.29, 1.82) is 0 Å². The monoisotopic (exact) mass is 289 g/mol. The van der Waals surface area contributed by atoms with Gasteiger partial charge in [-0.15, -0.1) is 0 Å². The van der Waals surface area contributed by atoms with E-state index in [0.29, 0.717) is 5.69 Å². The zero-order valence-electron chi connectivity index (χ0n) is 10.7. The maximum Gasteiger partial charge on any atom is 0.420 e. The molecule has 1 aromatic rings. The van der Waals surface area contributed by atoms with E-state index in [1.165, 1.54) is 0 Å². The van der Waals surface area contributed by atoms with Gasteiger partial charge in [0.1, 0.15) is 0 Å². The molecule has 1 aromatic heterocycles. The highest BCUT2D eigenvalue weighted by Crippen LogP contribution is 2.37. The van der Waals surface area contributed by atoms with Crippen LogP contribution in [0.25, 0.3) is 0 Å². The summed E-state index contributed by atoms with van der Waals surface area (Å²) in [5.74, 6) is 0. The minimum Gasteiger partial charge on any atom is -0.378 e. The van der Waals surface area contributed by atoms with Gasteiger partial charge in [-0.05, 0) is 18.6 Å². The van der Waals surface area contributed by atoms with Crippen molar-refractivity contribution in [3.63, 3.8) is 0 Å². The SMILES string of the molecule is Cc1ccc(CNC(=O)N2CC(O)(C(F)(F)F)C2)nc1. The molecule has 0 atom stereocenters. The standard InChI is InChI=1S/C12H14F3N3O2/c1-8-2-3-9(16-4-8)5-17-10(19)18-6-11(20,7-18)12(13,14)15/h2-4,20H,5-7H2,1H3,(H,17,19). The van der Waals surface area contributed by atoms with Crippen LogP contribution >= 0.6 is 0 Å². The third kappa shape index (κ3) is 2.84. The van der Waals surface area contributed by atoms with E-state index in [4.69, 9.17) is 0 Å². The van der Waals surface area contributed by atoms with E-state index in [1.807, 2.05) is 13.0 Å². The summed E-state index contributed by atoms with van der Waals surface area (Å²) in [5, 5.41) is 11.7. The van der Waals surface area contributed by atoms with Gasteiger partial charge < -0.3 is 15.3 Å². The number of aliphatic hydroxyl groups is 1. The van der Waals surface area contributed by atoms with Gasteiger partial charge in [0, 0.05) is 6.20 Å². The summed E-state index contributed by atoms with van der Waals surface area (Å²) < 4.78 is 37.2. The van der Waals surface area contributed by atoms with Crippen molar-refractivity contribution >= 4 is 6.03 Å². The molecule has 110 valence electrons. The number of hydrogen-bond donors (Lipinski definition) is 2. The van der Waals surface area contributed by atoms with Crippen LogP contribution in [0.15, 0.2) is 18.3 Å².